The molecule has 0 saturated heterocycles. The van der Waals surface area contributed by atoms with E-state index >= 15 is 0 Å². The fourth-order valence-electron chi connectivity index (χ4n) is 3.27. The van der Waals surface area contributed by atoms with Crippen molar-refractivity contribution in [3.8, 4) is 5.75 Å². The summed E-state index contributed by atoms with van der Waals surface area (Å²) in [5.41, 5.74) is 0.946. The van der Waals surface area contributed by atoms with Gasteiger partial charge in [-0.3, -0.25) is 0 Å². The minimum absolute atomic E-state index is 0.0218. The van der Waals surface area contributed by atoms with Crippen LogP contribution in [0.1, 0.15) is 57.6 Å². The molecular formula is C19H31NO4S. The van der Waals surface area contributed by atoms with Gasteiger partial charge in [0, 0.05) is 6.04 Å². The monoisotopic (exact) mass is 369 g/mol. The van der Waals surface area contributed by atoms with Crippen LogP contribution in [0.4, 0.5) is 0 Å². The van der Waals surface area contributed by atoms with Gasteiger partial charge in [0.05, 0.1) is 25.6 Å². The lowest BCUT2D eigenvalue weighted by Crippen LogP contribution is -2.33. The Hall–Kier alpha value is -1.11. The van der Waals surface area contributed by atoms with Crippen LogP contribution in [0.3, 0.4) is 0 Å². The van der Waals surface area contributed by atoms with E-state index in [1.165, 1.54) is 12.8 Å². The average Bonchev–Trinajstić information content (AvgIpc) is 3.11. The van der Waals surface area contributed by atoms with Gasteiger partial charge >= 0.3 is 0 Å². The Morgan fingerprint density at radius 1 is 1.20 bits per heavy atom. The molecule has 1 saturated carbocycles. The summed E-state index contributed by atoms with van der Waals surface area (Å²) in [5.74, 6) is 0.831. The van der Waals surface area contributed by atoms with Gasteiger partial charge in [-0.15, -0.1) is 0 Å². The molecule has 1 aliphatic rings. The number of hydrogen-bond acceptors (Lipinski definition) is 4. The Labute approximate surface area is 152 Å². The van der Waals surface area contributed by atoms with E-state index in [9.17, 15) is 8.42 Å². The van der Waals surface area contributed by atoms with Crippen molar-refractivity contribution in [2.75, 3.05) is 19.5 Å². The second-order valence-corrected chi connectivity index (χ2v) is 8.78. The van der Waals surface area contributed by atoms with Crippen molar-refractivity contribution in [3.63, 3.8) is 0 Å². The predicted molar refractivity (Wildman–Crippen MR) is 100 cm³/mol. The third-order valence-electron chi connectivity index (χ3n) is 4.67. The molecule has 0 amide bonds. The largest absolute Gasteiger partial charge is 0.497 e. The van der Waals surface area contributed by atoms with Crippen LogP contribution in [0, 0.1) is 5.92 Å². The number of benzene rings is 1. The molecule has 1 aliphatic carbocycles. The summed E-state index contributed by atoms with van der Waals surface area (Å²) in [6.07, 6.45) is 5.66. The van der Waals surface area contributed by atoms with Crippen molar-refractivity contribution < 1.29 is 17.9 Å². The third kappa shape index (κ3) is 6.60. The molecule has 6 heteroatoms. The van der Waals surface area contributed by atoms with E-state index in [-0.39, 0.29) is 17.7 Å². The quantitative estimate of drug-likeness (QED) is 0.683. The molecule has 1 N–H and O–H groups in total. The average molecular weight is 370 g/mol. The van der Waals surface area contributed by atoms with E-state index in [0.29, 0.717) is 19.1 Å². The second kappa shape index (κ2) is 9.55. The summed E-state index contributed by atoms with van der Waals surface area (Å²) < 4.78 is 38.9. The number of nitrogens with one attached hydrogen (secondary N) is 1. The molecule has 2 rings (SSSR count). The molecule has 0 aromatic heterocycles. The molecule has 5 nitrogen and oxygen atoms in total. The van der Waals surface area contributed by atoms with E-state index in [2.05, 4.69) is 4.72 Å². The molecule has 1 fully saturated rings. The highest BCUT2D eigenvalue weighted by molar-refractivity contribution is 7.89. The molecule has 25 heavy (non-hydrogen) atoms. The summed E-state index contributed by atoms with van der Waals surface area (Å²) >= 11 is 0. The molecule has 0 bridgehead atoms. The van der Waals surface area contributed by atoms with Crippen LogP contribution in [0.2, 0.25) is 0 Å². The Bertz CT molecular complexity index is 609. The zero-order chi connectivity index (χ0) is 18.3. The number of ether oxygens (including phenoxy) is 2. The molecule has 0 aliphatic heterocycles. The van der Waals surface area contributed by atoms with Gasteiger partial charge in [-0.2, -0.15) is 0 Å². The van der Waals surface area contributed by atoms with Gasteiger partial charge in [0.2, 0.25) is 10.0 Å². The number of sulfonamides is 1. The molecule has 142 valence electrons. The Morgan fingerprint density at radius 3 is 2.40 bits per heavy atom. The highest BCUT2D eigenvalue weighted by Gasteiger charge is 2.22. The number of rotatable bonds is 10. The standard InChI is InChI=1S/C19H31NO4S/c1-4-19(16-9-11-17(23-3)12-10-16)20-25(21,22)14-15(2)13-24-18-7-5-6-8-18/h9-12,15,18-20H,4-8,13-14H2,1-3H3. The van der Waals surface area contributed by atoms with Crippen LogP contribution in [-0.2, 0) is 14.8 Å². The van der Waals surface area contributed by atoms with E-state index in [0.717, 1.165) is 24.2 Å². The van der Waals surface area contributed by atoms with Crippen LogP contribution in [0.15, 0.2) is 24.3 Å². The van der Waals surface area contributed by atoms with Gasteiger partial charge in [0.25, 0.3) is 0 Å². The van der Waals surface area contributed by atoms with Crippen molar-refractivity contribution in [2.24, 2.45) is 5.92 Å². The van der Waals surface area contributed by atoms with Gasteiger partial charge in [0.1, 0.15) is 5.75 Å². The first-order chi connectivity index (χ1) is 11.9. The summed E-state index contributed by atoms with van der Waals surface area (Å²) in [6.45, 7) is 4.41. The van der Waals surface area contributed by atoms with Gasteiger partial charge < -0.3 is 9.47 Å². The number of methoxy groups -OCH3 is 1. The van der Waals surface area contributed by atoms with Gasteiger partial charge in [-0.25, -0.2) is 13.1 Å². The van der Waals surface area contributed by atoms with Crippen LogP contribution >= 0.6 is 0 Å². The minimum Gasteiger partial charge on any atom is -0.497 e. The van der Waals surface area contributed by atoms with Gasteiger partial charge in [0.15, 0.2) is 0 Å². The third-order valence-corrected chi connectivity index (χ3v) is 6.32. The van der Waals surface area contributed by atoms with Gasteiger partial charge in [-0.1, -0.05) is 38.8 Å². The van der Waals surface area contributed by atoms with Crippen molar-refractivity contribution >= 4 is 10.0 Å². The van der Waals surface area contributed by atoms with Crippen molar-refractivity contribution in [3.05, 3.63) is 29.8 Å². The van der Waals surface area contributed by atoms with Crippen molar-refractivity contribution in [1.29, 1.82) is 0 Å². The molecular weight excluding hydrogens is 338 g/mol. The summed E-state index contributed by atoms with van der Waals surface area (Å²) in [6, 6.07) is 7.29. The first-order valence-electron chi connectivity index (χ1n) is 9.19. The summed E-state index contributed by atoms with van der Waals surface area (Å²) in [7, 11) is -1.75. The fourth-order valence-corrected chi connectivity index (χ4v) is 4.94. The fraction of sp³-hybridized carbons (Fsp3) is 0.684. The Morgan fingerprint density at radius 2 is 1.84 bits per heavy atom. The highest BCUT2D eigenvalue weighted by atomic mass is 32.2. The smallest absolute Gasteiger partial charge is 0.212 e. The second-order valence-electron chi connectivity index (χ2n) is 6.98. The van der Waals surface area contributed by atoms with E-state index in [4.69, 9.17) is 9.47 Å². The van der Waals surface area contributed by atoms with Crippen molar-refractivity contribution in [2.45, 2.75) is 58.1 Å². The minimum atomic E-state index is -3.36. The SMILES string of the molecule is CCC(NS(=O)(=O)CC(C)COC1CCCC1)c1ccc(OC)cc1. The molecule has 0 radical (unpaired) electrons. The lowest BCUT2D eigenvalue weighted by Gasteiger charge is -2.20. The molecule has 1 aromatic rings. The van der Waals surface area contributed by atoms with E-state index in [1.54, 1.807) is 7.11 Å². The maximum absolute atomic E-state index is 12.5. The maximum atomic E-state index is 12.5. The Balaban J connectivity index is 1.88. The van der Waals surface area contributed by atoms with Crippen molar-refractivity contribution in [1.82, 2.24) is 4.72 Å². The topological polar surface area (TPSA) is 64.6 Å². The molecule has 0 spiro atoms. The van der Waals surface area contributed by atoms with E-state index < -0.39 is 10.0 Å². The lowest BCUT2D eigenvalue weighted by atomic mass is 10.1. The number of hydrogen-bond donors (Lipinski definition) is 1. The van der Waals surface area contributed by atoms with E-state index in [1.807, 2.05) is 38.1 Å². The van der Waals surface area contributed by atoms with Crippen LogP contribution in [0.25, 0.3) is 0 Å². The normalized spacial score (nSPS) is 18.2. The first kappa shape index (κ1) is 20.2. The lowest BCUT2D eigenvalue weighted by molar-refractivity contribution is 0.0412. The van der Waals surface area contributed by atoms with Crippen LogP contribution in [-0.4, -0.2) is 34.0 Å². The predicted octanol–water partition coefficient (Wildman–Crippen LogP) is 3.66. The van der Waals surface area contributed by atoms with Gasteiger partial charge in [-0.05, 0) is 42.9 Å². The Kier molecular flexibility index (Phi) is 7.72. The summed E-state index contributed by atoms with van der Waals surface area (Å²) in [4.78, 5) is 0. The zero-order valence-corrected chi connectivity index (χ0v) is 16.3. The molecule has 0 heterocycles. The molecule has 1 aromatic carbocycles. The van der Waals surface area contributed by atoms with Crippen LogP contribution < -0.4 is 9.46 Å². The first-order valence-corrected chi connectivity index (χ1v) is 10.8. The molecule has 2 atom stereocenters. The maximum Gasteiger partial charge on any atom is 0.212 e. The summed E-state index contributed by atoms with van der Waals surface area (Å²) in [5, 5.41) is 0. The molecule has 2 unspecified atom stereocenters. The zero-order valence-electron chi connectivity index (χ0n) is 15.5. The highest BCUT2D eigenvalue weighted by Crippen LogP contribution is 2.23. The van der Waals surface area contributed by atoms with Crippen LogP contribution in [0.5, 0.6) is 5.75 Å².